The van der Waals surface area contributed by atoms with Crippen LogP contribution in [0.15, 0.2) is 0 Å². The number of hydrogen-bond acceptors (Lipinski definition) is 6. The highest BCUT2D eigenvalue weighted by atomic mass is 16.5. The lowest BCUT2D eigenvalue weighted by Gasteiger charge is -2.06. The van der Waals surface area contributed by atoms with Gasteiger partial charge in [0, 0.05) is 0 Å². The van der Waals surface area contributed by atoms with Crippen LogP contribution in [0.1, 0.15) is 25.2 Å². The first-order valence-corrected chi connectivity index (χ1v) is 5.88. The van der Waals surface area contributed by atoms with E-state index in [0.717, 1.165) is 17.8 Å². The minimum atomic E-state index is -1.13. The number of carboxylic acid groups (broad SMARTS) is 1. The second kappa shape index (κ2) is 7.37. The Morgan fingerprint density at radius 3 is 2.42 bits per heavy atom. The number of aryl methyl sites for hydroxylation is 2. The van der Waals surface area contributed by atoms with E-state index in [-0.39, 0.29) is 12.6 Å². The third-order valence-corrected chi connectivity index (χ3v) is 2.22. The third-order valence-electron chi connectivity index (χ3n) is 2.22. The summed E-state index contributed by atoms with van der Waals surface area (Å²) in [6, 6.07) is 0. The summed E-state index contributed by atoms with van der Waals surface area (Å²) in [6.07, 6.45) is 1.41. The van der Waals surface area contributed by atoms with Crippen LogP contribution in [-0.2, 0) is 27.2 Å². The maximum Gasteiger partial charge on any atom is 0.329 e. The smallest absolute Gasteiger partial charge is 0.329 e. The number of anilines is 1. The van der Waals surface area contributed by atoms with Crippen molar-refractivity contribution in [2.24, 2.45) is 0 Å². The fourth-order valence-electron chi connectivity index (χ4n) is 1.38. The summed E-state index contributed by atoms with van der Waals surface area (Å²) in [4.78, 5) is 25.8. The van der Waals surface area contributed by atoms with Gasteiger partial charge in [0.1, 0.15) is 13.2 Å². The molecule has 8 heteroatoms. The van der Waals surface area contributed by atoms with Crippen LogP contribution in [0.3, 0.4) is 0 Å². The van der Waals surface area contributed by atoms with Crippen LogP contribution in [0.4, 0.5) is 5.95 Å². The zero-order valence-corrected chi connectivity index (χ0v) is 10.8. The summed E-state index contributed by atoms with van der Waals surface area (Å²) >= 11 is 0. The van der Waals surface area contributed by atoms with Crippen LogP contribution in [-0.4, -0.2) is 45.4 Å². The fraction of sp³-hybridized carbons (Fsp3) is 0.545. The number of aliphatic carboxylic acids is 1. The summed E-state index contributed by atoms with van der Waals surface area (Å²) in [5.74, 6) is -1.56. The Labute approximate surface area is 110 Å². The summed E-state index contributed by atoms with van der Waals surface area (Å²) in [6.45, 7) is 2.99. The SMILES string of the molecule is CCc1nnc(NC(=O)COCC(=O)O)nc1CC. The number of carbonyl (C=O) groups is 2. The predicted octanol–water partition coefficient (Wildman–Crippen LogP) is 0.0361. The standard InChI is InChI=1S/C11H16N4O4/c1-3-7-8(4-2)14-15-11(12-7)13-9(16)5-19-6-10(17)18/h3-6H2,1-2H3,(H,17,18)(H,12,13,15,16). The largest absolute Gasteiger partial charge is 0.480 e. The second-order valence-corrected chi connectivity index (χ2v) is 3.67. The number of carboxylic acids is 1. The zero-order chi connectivity index (χ0) is 14.3. The Hall–Kier alpha value is -2.09. The number of hydrogen-bond donors (Lipinski definition) is 2. The van der Waals surface area contributed by atoms with E-state index in [1.807, 2.05) is 13.8 Å². The average Bonchev–Trinajstić information content (AvgIpc) is 2.38. The molecule has 104 valence electrons. The van der Waals surface area contributed by atoms with Crippen LogP contribution in [0.5, 0.6) is 0 Å². The Kier molecular flexibility index (Phi) is 5.80. The lowest BCUT2D eigenvalue weighted by atomic mass is 10.2. The highest BCUT2D eigenvalue weighted by Gasteiger charge is 2.09. The van der Waals surface area contributed by atoms with Gasteiger partial charge in [-0.3, -0.25) is 10.1 Å². The number of rotatable bonds is 7. The Bertz CT molecular complexity index is 464. The van der Waals surface area contributed by atoms with Gasteiger partial charge in [-0.05, 0) is 12.8 Å². The quantitative estimate of drug-likeness (QED) is 0.717. The molecule has 0 unspecified atom stereocenters. The van der Waals surface area contributed by atoms with Crippen molar-refractivity contribution >= 4 is 17.8 Å². The number of nitrogens with zero attached hydrogens (tertiary/aromatic N) is 3. The monoisotopic (exact) mass is 268 g/mol. The molecule has 0 aliphatic carbocycles. The molecule has 0 aromatic carbocycles. The van der Waals surface area contributed by atoms with E-state index in [4.69, 9.17) is 5.11 Å². The number of carbonyl (C=O) groups excluding carboxylic acids is 1. The van der Waals surface area contributed by atoms with Crippen molar-refractivity contribution < 1.29 is 19.4 Å². The molecule has 0 atom stereocenters. The molecule has 0 bridgehead atoms. The third kappa shape index (κ3) is 4.96. The van der Waals surface area contributed by atoms with Gasteiger partial charge in [-0.2, -0.15) is 0 Å². The number of ether oxygens (including phenoxy) is 1. The van der Waals surface area contributed by atoms with Gasteiger partial charge < -0.3 is 9.84 Å². The van der Waals surface area contributed by atoms with Crippen molar-refractivity contribution in [3.63, 3.8) is 0 Å². The normalized spacial score (nSPS) is 10.2. The molecule has 8 nitrogen and oxygen atoms in total. The number of nitrogens with one attached hydrogen (secondary N) is 1. The second-order valence-electron chi connectivity index (χ2n) is 3.67. The molecule has 0 radical (unpaired) electrons. The molecular formula is C11H16N4O4. The van der Waals surface area contributed by atoms with E-state index in [2.05, 4.69) is 25.2 Å². The van der Waals surface area contributed by atoms with E-state index in [1.165, 1.54) is 0 Å². The molecule has 1 amide bonds. The Morgan fingerprint density at radius 2 is 1.84 bits per heavy atom. The Balaban J connectivity index is 2.57. The van der Waals surface area contributed by atoms with Crippen LogP contribution >= 0.6 is 0 Å². The summed E-state index contributed by atoms with van der Waals surface area (Å²) in [7, 11) is 0. The van der Waals surface area contributed by atoms with Crippen molar-refractivity contribution in [1.29, 1.82) is 0 Å². The molecular weight excluding hydrogens is 252 g/mol. The van der Waals surface area contributed by atoms with Crippen molar-refractivity contribution in [1.82, 2.24) is 15.2 Å². The lowest BCUT2D eigenvalue weighted by molar-refractivity contribution is -0.143. The van der Waals surface area contributed by atoms with Gasteiger partial charge in [0.05, 0.1) is 11.4 Å². The minimum Gasteiger partial charge on any atom is -0.480 e. The number of aromatic nitrogens is 3. The first-order valence-electron chi connectivity index (χ1n) is 5.88. The van der Waals surface area contributed by atoms with Gasteiger partial charge in [-0.25, -0.2) is 9.78 Å². The summed E-state index contributed by atoms with van der Waals surface area (Å²) in [5.41, 5.74) is 1.57. The average molecular weight is 268 g/mol. The van der Waals surface area contributed by atoms with E-state index in [0.29, 0.717) is 6.42 Å². The topological polar surface area (TPSA) is 114 Å². The van der Waals surface area contributed by atoms with Crippen molar-refractivity contribution in [2.45, 2.75) is 26.7 Å². The van der Waals surface area contributed by atoms with Gasteiger partial charge in [-0.1, -0.05) is 13.8 Å². The molecule has 1 heterocycles. The molecule has 1 rings (SSSR count). The first kappa shape index (κ1) is 15.0. The van der Waals surface area contributed by atoms with Crippen LogP contribution in [0.25, 0.3) is 0 Å². The molecule has 1 aromatic rings. The van der Waals surface area contributed by atoms with Crippen molar-refractivity contribution in [2.75, 3.05) is 18.5 Å². The van der Waals surface area contributed by atoms with Crippen LogP contribution in [0, 0.1) is 0 Å². The molecule has 2 N–H and O–H groups in total. The maximum atomic E-state index is 11.4. The maximum absolute atomic E-state index is 11.4. The molecule has 0 spiro atoms. The van der Waals surface area contributed by atoms with Gasteiger partial charge in [0.25, 0.3) is 5.91 Å². The van der Waals surface area contributed by atoms with Crippen molar-refractivity contribution in [3.05, 3.63) is 11.4 Å². The lowest BCUT2D eigenvalue weighted by Crippen LogP contribution is -2.22. The van der Waals surface area contributed by atoms with Gasteiger partial charge in [-0.15, -0.1) is 10.2 Å². The van der Waals surface area contributed by atoms with E-state index in [1.54, 1.807) is 0 Å². The highest BCUT2D eigenvalue weighted by molar-refractivity contribution is 5.90. The molecule has 0 saturated heterocycles. The minimum absolute atomic E-state index is 0.0953. The highest BCUT2D eigenvalue weighted by Crippen LogP contribution is 2.06. The summed E-state index contributed by atoms with van der Waals surface area (Å²) < 4.78 is 4.64. The summed E-state index contributed by atoms with van der Waals surface area (Å²) in [5, 5.41) is 18.5. The molecule has 19 heavy (non-hydrogen) atoms. The van der Waals surface area contributed by atoms with Crippen LogP contribution < -0.4 is 5.32 Å². The van der Waals surface area contributed by atoms with Gasteiger partial charge in [0.2, 0.25) is 5.95 Å². The van der Waals surface area contributed by atoms with E-state index in [9.17, 15) is 9.59 Å². The fourth-order valence-corrected chi connectivity index (χ4v) is 1.38. The molecule has 0 saturated carbocycles. The van der Waals surface area contributed by atoms with E-state index < -0.39 is 18.5 Å². The molecule has 0 aliphatic rings. The van der Waals surface area contributed by atoms with Crippen molar-refractivity contribution in [3.8, 4) is 0 Å². The predicted molar refractivity (Wildman–Crippen MR) is 65.7 cm³/mol. The van der Waals surface area contributed by atoms with Crippen LogP contribution in [0.2, 0.25) is 0 Å². The van der Waals surface area contributed by atoms with Gasteiger partial charge in [0.15, 0.2) is 0 Å². The zero-order valence-electron chi connectivity index (χ0n) is 10.8. The Morgan fingerprint density at radius 1 is 1.16 bits per heavy atom. The van der Waals surface area contributed by atoms with E-state index >= 15 is 0 Å². The molecule has 0 fully saturated rings. The van der Waals surface area contributed by atoms with Gasteiger partial charge >= 0.3 is 5.97 Å². The molecule has 0 aliphatic heterocycles. The number of amides is 1. The first-order chi connectivity index (χ1) is 9.06. The molecule has 1 aromatic heterocycles.